The van der Waals surface area contributed by atoms with Crippen molar-refractivity contribution < 1.29 is 19.1 Å². The Labute approximate surface area is 201 Å². The van der Waals surface area contributed by atoms with Crippen LogP contribution in [0.4, 0.5) is 10.8 Å². The summed E-state index contributed by atoms with van der Waals surface area (Å²) in [6, 6.07) is 15.0. The molecular formula is C25H26N4O4S. The number of hydrogen-bond donors (Lipinski definition) is 0. The molecule has 2 aliphatic heterocycles. The number of amides is 3. The second-order valence-corrected chi connectivity index (χ2v) is 9.68. The summed E-state index contributed by atoms with van der Waals surface area (Å²) in [4.78, 5) is 49.3. The van der Waals surface area contributed by atoms with Crippen molar-refractivity contribution in [2.24, 2.45) is 0 Å². The highest BCUT2D eigenvalue weighted by Gasteiger charge is 2.52. The van der Waals surface area contributed by atoms with Crippen LogP contribution >= 0.6 is 11.3 Å². The van der Waals surface area contributed by atoms with Gasteiger partial charge in [-0.1, -0.05) is 35.6 Å². The van der Waals surface area contributed by atoms with E-state index in [4.69, 9.17) is 4.74 Å². The number of para-hydroxylation sites is 2. The highest BCUT2D eigenvalue weighted by Crippen LogP contribution is 2.44. The molecule has 3 amide bonds. The summed E-state index contributed by atoms with van der Waals surface area (Å²) in [5.74, 6) is -0.294. The van der Waals surface area contributed by atoms with E-state index in [2.05, 4.69) is 4.98 Å². The molecule has 0 N–H and O–H groups in total. The molecule has 3 aromatic rings. The van der Waals surface area contributed by atoms with Crippen molar-refractivity contribution in [3.05, 3.63) is 54.1 Å². The number of anilines is 2. The molecule has 1 saturated heterocycles. The van der Waals surface area contributed by atoms with Gasteiger partial charge in [-0.05, 0) is 37.6 Å². The highest BCUT2D eigenvalue weighted by molar-refractivity contribution is 7.22. The number of nitrogens with zero attached hydrogens (tertiary/aromatic N) is 4. The lowest BCUT2D eigenvalue weighted by atomic mass is 9.98. The Morgan fingerprint density at radius 2 is 1.94 bits per heavy atom. The molecule has 0 bridgehead atoms. The Balaban J connectivity index is 1.40. The van der Waals surface area contributed by atoms with Crippen molar-refractivity contribution in [2.45, 2.75) is 31.8 Å². The molecule has 0 aliphatic carbocycles. The van der Waals surface area contributed by atoms with Gasteiger partial charge in [-0.2, -0.15) is 0 Å². The van der Waals surface area contributed by atoms with Crippen molar-refractivity contribution >= 4 is 50.1 Å². The number of fused-ring (bicyclic) bond motifs is 4. The van der Waals surface area contributed by atoms with Crippen LogP contribution in [0.15, 0.2) is 48.5 Å². The largest absolute Gasteiger partial charge is 0.383 e. The number of carbonyl (C=O) groups excluding carboxylic acids is 3. The summed E-state index contributed by atoms with van der Waals surface area (Å²) in [5.41, 5.74) is 1.20. The third-order valence-corrected chi connectivity index (χ3v) is 7.69. The van der Waals surface area contributed by atoms with E-state index in [-0.39, 0.29) is 30.7 Å². The third-order valence-electron chi connectivity index (χ3n) is 6.63. The van der Waals surface area contributed by atoms with Gasteiger partial charge in [0.25, 0.3) is 5.91 Å². The fraction of sp³-hybridized carbons (Fsp3) is 0.360. The quantitative estimate of drug-likeness (QED) is 0.518. The van der Waals surface area contributed by atoms with Gasteiger partial charge >= 0.3 is 0 Å². The smallest absolute Gasteiger partial charge is 0.257 e. The molecule has 1 atom stereocenters. The van der Waals surface area contributed by atoms with Crippen molar-refractivity contribution in [3.8, 4) is 0 Å². The average molecular weight is 479 g/mol. The molecule has 34 heavy (non-hydrogen) atoms. The molecule has 5 rings (SSSR count). The highest BCUT2D eigenvalue weighted by atomic mass is 32.1. The first kappa shape index (κ1) is 22.5. The number of rotatable bonds is 7. The minimum absolute atomic E-state index is 0.00465. The Morgan fingerprint density at radius 1 is 1.18 bits per heavy atom. The first-order chi connectivity index (χ1) is 16.4. The van der Waals surface area contributed by atoms with Gasteiger partial charge in [0.1, 0.15) is 5.66 Å². The predicted octanol–water partition coefficient (Wildman–Crippen LogP) is 3.66. The fourth-order valence-corrected chi connectivity index (χ4v) is 5.88. The Bertz CT molecular complexity index is 1240. The zero-order valence-electron chi connectivity index (χ0n) is 19.2. The van der Waals surface area contributed by atoms with Gasteiger partial charge in [0.15, 0.2) is 5.13 Å². The number of methoxy groups -OCH3 is 1. The topological polar surface area (TPSA) is 83.0 Å². The van der Waals surface area contributed by atoms with E-state index in [1.54, 1.807) is 33.9 Å². The second-order valence-electron chi connectivity index (χ2n) is 8.67. The van der Waals surface area contributed by atoms with E-state index < -0.39 is 5.66 Å². The molecule has 8 nitrogen and oxygen atoms in total. The maximum atomic E-state index is 13.4. The van der Waals surface area contributed by atoms with Crippen LogP contribution in [0, 0.1) is 0 Å². The maximum Gasteiger partial charge on any atom is 0.257 e. The van der Waals surface area contributed by atoms with E-state index >= 15 is 0 Å². The van der Waals surface area contributed by atoms with E-state index in [1.807, 2.05) is 43.3 Å². The second kappa shape index (κ2) is 8.81. The number of aromatic nitrogens is 1. The van der Waals surface area contributed by atoms with E-state index in [0.717, 1.165) is 10.2 Å². The lowest BCUT2D eigenvalue weighted by Gasteiger charge is -2.48. The van der Waals surface area contributed by atoms with E-state index in [9.17, 15) is 14.4 Å². The third kappa shape index (κ3) is 3.65. The molecular weight excluding hydrogens is 452 g/mol. The van der Waals surface area contributed by atoms with Gasteiger partial charge in [0.2, 0.25) is 11.8 Å². The van der Waals surface area contributed by atoms with Gasteiger partial charge in [-0.25, -0.2) is 4.98 Å². The SMILES string of the molecule is COCCN(C(=O)CCN1C(=O)c2ccccc2N2C(=O)CCC12C)c1nc2ccccc2s1. The molecule has 0 radical (unpaired) electrons. The fourth-order valence-electron chi connectivity index (χ4n) is 4.87. The monoisotopic (exact) mass is 478 g/mol. The average Bonchev–Trinajstić information content (AvgIpc) is 3.40. The summed E-state index contributed by atoms with van der Waals surface area (Å²) in [6.07, 6.45) is 1.02. The molecule has 9 heteroatoms. The molecule has 1 unspecified atom stereocenters. The van der Waals surface area contributed by atoms with Gasteiger partial charge in [0, 0.05) is 26.5 Å². The summed E-state index contributed by atoms with van der Waals surface area (Å²) < 4.78 is 6.23. The van der Waals surface area contributed by atoms with Crippen molar-refractivity contribution in [1.82, 2.24) is 9.88 Å². The van der Waals surface area contributed by atoms with Crippen LogP contribution in [0.25, 0.3) is 10.2 Å². The van der Waals surface area contributed by atoms with Gasteiger partial charge < -0.3 is 9.64 Å². The van der Waals surface area contributed by atoms with Crippen LogP contribution < -0.4 is 9.80 Å². The standard InChI is InChI=1S/C25H26N4O4S/c1-25-13-11-22(31)29(25)19-9-5-3-7-17(19)23(32)28(25)14-12-21(30)27(15-16-33-2)24-26-18-8-4-6-10-20(18)34-24/h3-10H,11-16H2,1-2H3. The van der Waals surface area contributed by atoms with E-state index in [1.165, 1.54) is 11.3 Å². The molecule has 1 fully saturated rings. The molecule has 2 aliphatic rings. The minimum atomic E-state index is -0.782. The van der Waals surface area contributed by atoms with Crippen LogP contribution in [0.1, 0.15) is 36.5 Å². The number of ether oxygens (including phenoxy) is 1. The number of hydrogen-bond acceptors (Lipinski definition) is 6. The van der Waals surface area contributed by atoms with Crippen LogP contribution in [-0.2, 0) is 14.3 Å². The Hall–Kier alpha value is -3.30. The first-order valence-electron chi connectivity index (χ1n) is 11.3. The molecule has 3 heterocycles. The summed E-state index contributed by atoms with van der Waals surface area (Å²) in [6.45, 7) is 2.86. The molecule has 2 aromatic carbocycles. The lowest BCUT2D eigenvalue weighted by Crippen LogP contribution is -2.62. The van der Waals surface area contributed by atoms with Crippen LogP contribution in [0.5, 0.6) is 0 Å². The van der Waals surface area contributed by atoms with Crippen LogP contribution in [0.3, 0.4) is 0 Å². The van der Waals surface area contributed by atoms with Gasteiger partial charge in [-0.3, -0.25) is 24.2 Å². The van der Waals surface area contributed by atoms with Gasteiger partial charge in [-0.15, -0.1) is 0 Å². The molecule has 1 aromatic heterocycles. The molecule has 0 saturated carbocycles. The maximum absolute atomic E-state index is 13.4. The summed E-state index contributed by atoms with van der Waals surface area (Å²) >= 11 is 1.46. The minimum Gasteiger partial charge on any atom is -0.383 e. The van der Waals surface area contributed by atoms with Gasteiger partial charge in [0.05, 0.1) is 34.6 Å². The Kier molecular flexibility index (Phi) is 5.83. The predicted molar refractivity (Wildman–Crippen MR) is 131 cm³/mol. The van der Waals surface area contributed by atoms with Crippen molar-refractivity contribution in [3.63, 3.8) is 0 Å². The zero-order valence-corrected chi connectivity index (χ0v) is 20.0. The summed E-state index contributed by atoms with van der Waals surface area (Å²) in [5, 5.41) is 0.613. The normalized spacial score (nSPS) is 19.5. The Morgan fingerprint density at radius 3 is 2.74 bits per heavy atom. The lowest BCUT2D eigenvalue weighted by molar-refractivity contribution is -0.119. The number of benzene rings is 2. The first-order valence-corrected chi connectivity index (χ1v) is 12.1. The number of carbonyl (C=O) groups is 3. The van der Waals surface area contributed by atoms with Crippen LogP contribution in [0.2, 0.25) is 0 Å². The number of thiazole rings is 1. The zero-order chi connectivity index (χ0) is 23.9. The van der Waals surface area contributed by atoms with Crippen molar-refractivity contribution in [1.29, 1.82) is 0 Å². The van der Waals surface area contributed by atoms with Crippen LogP contribution in [-0.4, -0.2) is 60.1 Å². The molecule has 0 spiro atoms. The molecule has 176 valence electrons. The van der Waals surface area contributed by atoms with E-state index in [0.29, 0.717) is 42.4 Å². The van der Waals surface area contributed by atoms with Crippen molar-refractivity contribution in [2.75, 3.05) is 36.6 Å². The summed E-state index contributed by atoms with van der Waals surface area (Å²) in [7, 11) is 1.59.